The molecule has 0 saturated heterocycles. The number of nitrogens with one attached hydrogen (secondary N) is 2. The van der Waals surface area contributed by atoms with Gasteiger partial charge in [-0.3, -0.25) is 14.6 Å². The van der Waals surface area contributed by atoms with Gasteiger partial charge in [-0.2, -0.15) is 0 Å². The van der Waals surface area contributed by atoms with E-state index >= 15 is 0 Å². The minimum Gasteiger partial charge on any atom is -0.350 e. The zero-order valence-electron chi connectivity index (χ0n) is 17.4. The van der Waals surface area contributed by atoms with Gasteiger partial charge in [-0.1, -0.05) is 30.7 Å². The van der Waals surface area contributed by atoms with Gasteiger partial charge >= 0.3 is 0 Å². The first-order valence-electron chi connectivity index (χ1n) is 9.93. The van der Waals surface area contributed by atoms with Crippen molar-refractivity contribution in [3.05, 3.63) is 76.5 Å². The van der Waals surface area contributed by atoms with Gasteiger partial charge in [0, 0.05) is 29.2 Å². The third-order valence-electron chi connectivity index (χ3n) is 4.97. The van der Waals surface area contributed by atoms with Crippen molar-refractivity contribution in [3.8, 4) is 0 Å². The van der Waals surface area contributed by atoms with Crippen molar-refractivity contribution in [2.24, 2.45) is 0 Å². The Balaban J connectivity index is 1.76. The van der Waals surface area contributed by atoms with Crippen LogP contribution in [0.4, 0.5) is 0 Å². The normalized spacial score (nSPS) is 11.9. The number of fused-ring (bicyclic) bond motifs is 1. The molecule has 0 spiro atoms. The van der Waals surface area contributed by atoms with Gasteiger partial charge in [0.05, 0.1) is 11.1 Å². The first-order chi connectivity index (χ1) is 13.9. The Morgan fingerprint density at radius 1 is 1.03 bits per heavy atom. The summed E-state index contributed by atoms with van der Waals surface area (Å²) < 4.78 is 0. The molecule has 5 heteroatoms. The second kappa shape index (κ2) is 8.86. The lowest BCUT2D eigenvalue weighted by atomic mass is 10.0. The fourth-order valence-electron chi connectivity index (χ4n) is 3.17. The van der Waals surface area contributed by atoms with Crippen LogP contribution in [0.3, 0.4) is 0 Å². The van der Waals surface area contributed by atoms with Gasteiger partial charge in [0.1, 0.15) is 0 Å². The Morgan fingerprint density at radius 2 is 1.83 bits per heavy atom. The zero-order valence-corrected chi connectivity index (χ0v) is 17.4. The average Bonchev–Trinajstić information content (AvgIpc) is 2.71. The van der Waals surface area contributed by atoms with Gasteiger partial charge in [0.15, 0.2) is 0 Å². The molecule has 0 aliphatic carbocycles. The molecule has 0 saturated carbocycles. The first-order valence-corrected chi connectivity index (χ1v) is 9.93. The molecule has 3 rings (SSSR count). The van der Waals surface area contributed by atoms with Crippen LogP contribution in [-0.4, -0.2) is 22.8 Å². The number of carbonyl (C=O) groups is 2. The molecule has 0 radical (unpaired) electrons. The highest BCUT2D eigenvalue weighted by Gasteiger charge is 2.13. The van der Waals surface area contributed by atoms with Crippen LogP contribution in [0.25, 0.3) is 10.9 Å². The summed E-state index contributed by atoms with van der Waals surface area (Å²) >= 11 is 0. The Morgan fingerprint density at radius 3 is 2.59 bits per heavy atom. The second-order valence-corrected chi connectivity index (χ2v) is 7.50. The molecular weight excluding hydrogens is 362 g/mol. The van der Waals surface area contributed by atoms with Crippen molar-refractivity contribution in [2.75, 3.05) is 0 Å². The number of rotatable bonds is 6. The van der Waals surface area contributed by atoms with E-state index in [-0.39, 0.29) is 17.9 Å². The lowest BCUT2D eigenvalue weighted by Gasteiger charge is -2.13. The van der Waals surface area contributed by atoms with Crippen molar-refractivity contribution >= 4 is 22.7 Å². The van der Waals surface area contributed by atoms with Crippen molar-refractivity contribution < 1.29 is 9.59 Å². The van der Waals surface area contributed by atoms with Crippen LogP contribution >= 0.6 is 0 Å². The molecule has 1 heterocycles. The van der Waals surface area contributed by atoms with Crippen LogP contribution < -0.4 is 10.6 Å². The summed E-state index contributed by atoms with van der Waals surface area (Å²) in [5, 5.41) is 6.78. The van der Waals surface area contributed by atoms with E-state index in [9.17, 15) is 9.59 Å². The third-order valence-corrected chi connectivity index (χ3v) is 4.97. The molecule has 1 atom stereocenters. The van der Waals surface area contributed by atoms with E-state index in [0.29, 0.717) is 17.7 Å². The number of hydrogen-bond acceptors (Lipinski definition) is 3. The summed E-state index contributed by atoms with van der Waals surface area (Å²) in [7, 11) is 0. The largest absolute Gasteiger partial charge is 0.350 e. The van der Waals surface area contributed by atoms with Gasteiger partial charge in [0.2, 0.25) is 0 Å². The molecule has 29 heavy (non-hydrogen) atoms. The van der Waals surface area contributed by atoms with Crippen LogP contribution in [0.1, 0.15) is 57.8 Å². The van der Waals surface area contributed by atoms with Crippen molar-refractivity contribution in [1.82, 2.24) is 15.6 Å². The zero-order chi connectivity index (χ0) is 21.0. The number of carbonyl (C=O) groups excluding carboxylic acids is 2. The second-order valence-electron chi connectivity index (χ2n) is 7.50. The molecule has 0 bridgehead atoms. The number of nitrogens with zero attached hydrogens (tertiary/aromatic N) is 1. The monoisotopic (exact) mass is 389 g/mol. The maximum absolute atomic E-state index is 12.9. The standard InChI is InChI=1S/C24H27N3O2/c1-5-16(3)27-23(28)19-8-6-7-18(13-19)14-25-24(29)21-12-17(4)26-22-10-9-15(2)11-20(21)22/h6-13,16H,5,14H2,1-4H3,(H,25,29)(H,27,28). The predicted molar refractivity (Wildman–Crippen MR) is 116 cm³/mol. The van der Waals surface area contributed by atoms with Crippen LogP contribution in [0.5, 0.6) is 0 Å². The summed E-state index contributed by atoms with van der Waals surface area (Å²) in [5.74, 6) is -0.251. The van der Waals surface area contributed by atoms with Crippen molar-refractivity contribution in [1.29, 1.82) is 0 Å². The minimum atomic E-state index is -0.152. The van der Waals surface area contributed by atoms with E-state index in [1.54, 1.807) is 6.07 Å². The quantitative estimate of drug-likeness (QED) is 0.660. The van der Waals surface area contributed by atoms with E-state index in [1.807, 2.05) is 70.2 Å². The lowest BCUT2D eigenvalue weighted by molar-refractivity contribution is 0.0937. The molecule has 2 N–H and O–H groups in total. The number of amides is 2. The van der Waals surface area contributed by atoms with E-state index < -0.39 is 0 Å². The highest BCUT2D eigenvalue weighted by molar-refractivity contribution is 6.06. The Bertz CT molecular complexity index is 1060. The van der Waals surface area contributed by atoms with Crippen LogP contribution in [0.15, 0.2) is 48.5 Å². The average molecular weight is 389 g/mol. The van der Waals surface area contributed by atoms with Gasteiger partial charge in [-0.15, -0.1) is 0 Å². The number of aryl methyl sites for hydroxylation is 2. The fraction of sp³-hybridized carbons (Fsp3) is 0.292. The van der Waals surface area contributed by atoms with E-state index in [1.165, 1.54) is 0 Å². The minimum absolute atomic E-state index is 0.0984. The van der Waals surface area contributed by atoms with E-state index in [4.69, 9.17) is 0 Å². The topological polar surface area (TPSA) is 71.1 Å². The summed E-state index contributed by atoms with van der Waals surface area (Å²) in [6.07, 6.45) is 0.875. The van der Waals surface area contributed by atoms with Crippen LogP contribution in [-0.2, 0) is 6.54 Å². The molecule has 0 aliphatic rings. The summed E-state index contributed by atoms with van der Waals surface area (Å²) in [5.41, 5.74) is 4.78. The Kier molecular flexibility index (Phi) is 6.27. The van der Waals surface area contributed by atoms with Gasteiger partial charge in [0.25, 0.3) is 11.8 Å². The molecule has 0 fully saturated rings. The predicted octanol–water partition coefficient (Wildman–Crippen LogP) is 4.31. The highest BCUT2D eigenvalue weighted by atomic mass is 16.2. The van der Waals surface area contributed by atoms with E-state index in [0.717, 1.165) is 34.1 Å². The molecule has 2 aromatic carbocycles. The van der Waals surface area contributed by atoms with Crippen molar-refractivity contribution in [3.63, 3.8) is 0 Å². The first kappa shape index (κ1) is 20.5. The van der Waals surface area contributed by atoms with Gasteiger partial charge < -0.3 is 10.6 Å². The van der Waals surface area contributed by atoms with Gasteiger partial charge in [-0.05, 0) is 63.1 Å². The maximum Gasteiger partial charge on any atom is 0.252 e. The number of benzene rings is 2. The molecule has 0 aliphatic heterocycles. The molecule has 1 unspecified atom stereocenters. The Hall–Kier alpha value is -3.21. The van der Waals surface area contributed by atoms with E-state index in [2.05, 4.69) is 15.6 Å². The number of aromatic nitrogens is 1. The number of pyridine rings is 1. The highest BCUT2D eigenvalue weighted by Crippen LogP contribution is 2.20. The molecular formula is C24H27N3O2. The molecule has 2 amide bonds. The van der Waals surface area contributed by atoms with Crippen LogP contribution in [0.2, 0.25) is 0 Å². The SMILES string of the molecule is CCC(C)NC(=O)c1cccc(CNC(=O)c2cc(C)nc3ccc(C)cc23)c1. The summed E-state index contributed by atoms with van der Waals surface area (Å²) in [6, 6.07) is 15.2. The van der Waals surface area contributed by atoms with Crippen molar-refractivity contribution in [2.45, 2.75) is 46.7 Å². The van der Waals surface area contributed by atoms with Crippen LogP contribution in [0, 0.1) is 13.8 Å². The number of hydrogen-bond donors (Lipinski definition) is 2. The molecule has 150 valence electrons. The maximum atomic E-state index is 12.9. The summed E-state index contributed by atoms with van der Waals surface area (Å²) in [4.78, 5) is 29.7. The third kappa shape index (κ3) is 4.99. The molecule has 1 aromatic heterocycles. The summed E-state index contributed by atoms with van der Waals surface area (Å²) in [6.45, 7) is 8.23. The lowest BCUT2D eigenvalue weighted by Crippen LogP contribution is -2.32. The molecule has 3 aromatic rings. The van der Waals surface area contributed by atoms with Gasteiger partial charge in [-0.25, -0.2) is 0 Å². The Labute approximate surface area is 171 Å². The fourth-order valence-corrected chi connectivity index (χ4v) is 3.17. The molecule has 5 nitrogen and oxygen atoms in total. The smallest absolute Gasteiger partial charge is 0.252 e.